The maximum absolute atomic E-state index is 12.5. The second kappa shape index (κ2) is 7.27. The first-order chi connectivity index (χ1) is 12.0. The lowest BCUT2D eigenvalue weighted by molar-refractivity contribution is -0.119. The summed E-state index contributed by atoms with van der Waals surface area (Å²) in [4.78, 5) is 32.3. The lowest BCUT2D eigenvalue weighted by atomic mass is 10.1. The third-order valence-electron chi connectivity index (χ3n) is 3.73. The van der Waals surface area contributed by atoms with Crippen LogP contribution in [0.5, 0.6) is 0 Å². The number of rotatable bonds is 5. The molecular weight excluding hydrogens is 340 g/mol. The van der Waals surface area contributed by atoms with Crippen molar-refractivity contribution in [3.63, 3.8) is 0 Å². The predicted molar refractivity (Wildman–Crippen MR) is 95.1 cm³/mol. The van der Waals surface area contributed by atoms with Crippen LogP contribution < -0.4 is 11.1 Å². The number of fused-ring (bicyclic) bond motifs is 1. The Hall–Kier alpha value is -2.99. The second-order valence-corrected chi connectivity index (χ2v) is 5.93. The molecule has 0 aliphatic carbocycles. The van der Waals surface area contributed by atoms with Crippen molar-refractivity contribution in [1.29, 1.82) is 0 Å². The van der Waals surface area contributed by atoms with Gasteiger partial charge in [-0.15, -0.1) is 0 Å². The largest absolute Gasteiger partial charge is 0.368 e. The van der Waals surface area contributed by atoms with E-state index in [1.807, 2.05) is 24.3 Å². The van der Waals surface area contributed by atoms with Crippen LogP contribution in [-0.4, -0.2) is 27.8 Å². The highest BCUT2D eigenvalue weighted by Gasteiger charge is 2.20. The average Bonchev–Trinajstić information content (AvgIpc) is 2.62. The van der Waals surface area contributed by atoms with Gasteiger partial charge in [-0.3, -0.25) is 14.6 Å². The molecule has 0 aliphatic rings. The van der Waals surface area contributed by atoms with Gasteiger partial charge in [0, 0.05) is 24.2 Å². The summed E-state index contributed by atoms with van der Waals surface area (Å²) in [5.41, 5.74) is 7.31. The number of carbonyl (C=O) groups excluding carboxylic acids is 2. The minimum Gasteiger partial charge on any atom is -0.368 e. The minimum atomic E-state index is -0.859. The van der Waals surface area contributed by atoms with Gasteiger partial charge in [-0.1, -0.05) is 35.9 Å². The molecule has 0 bridgehead atoms. The van der Waals surface area contributed by atoms with Gasteiger partial charge >= 0.3 is 0 Å². The van der Waals surface area contributed by atoms with Gasteiger partial charge in [0.2, 0.25) is 5.91 Å². The molecule has 3 N–H and O–H groups in total. The van der Waals surface area contributed by atoms with Crippen LogP contribution in [0.2, 0.25) is 5.15 Å². The SMILES string of the molecule is NC(=O)[C@@H](Cc1ccc(Cl)nc1)NC(=O)c1cnc2ccccc2c1. The van der Waals surface area contributed by atoms with Crippen molar-refractivity contribution in [2.45, 2.75) is 12.5 Å². The summed E-state index contributed by atoms with van der Waals surface area (Å²) in [7, 11) is 0. The number of aromatic nitrogens is 2. The van der Waals surface area contributed by atoms with Gasteiger partial charge in [-0.2, -0.15) is 0 Å². The number of nitrogens with two attached hydrogens (primary N) is 1. The third kappa shape index (κ3) is 4.10. The Balaban J connectivity index is 1.77. The molecule has 2 heterocycles. The van der Waals surface area contributed by atoms with Crippen molar-refractivity contribution in [2.24, 2.45) is 5.73 Å². The first kappa shape index (κ1) is 16.9. The molecule has 3 rings (SSSR count). The highest BCUT2D eigenvalue weighted by molar-refractivity contribution is 6.29. The quantitative estimate of drug-likeness (QED) is 0.685. The molecule has 25 heavy (non-hydrogen) atoms. The highest BCUT2D eigenvalue weighted by Crippen LogP contribution is 2.13. The molecule has 0 fully saturated rings. The van der Waals surface area contributed by atoms with E-state index in [-0.39, 0.29) is 6.42 Å². The molecule has 1 aromatic carbocycles. The van der Waals surface area contributed by atoms with E-state index in [4.69, 9.17) is 17.3 Å². The van der Waals surface area contributed by atoms with Crippen LogP contribution in [-0.2, 0) is 11.2 Å². The van der Waals surface area contributed by atoms with E-state index in [0.717, 1.165) is 16.5 Å². The summed E-state index contributed by atoms with van der Waals surface area (Å²) in [6.45, 7) is 0. The zero-order valence-corrected chi connectivity index (χ0v) is 13.9. The zero-order valence-electron chi connectivity index (χ0n) is 13.1. The number of para-hydroxylation sites is 1. The molecule has 2 amide bonds. The fourth-order valence-electron chi connectivity index (χ4n) is 2.42. The summed E-state index contributed by atoms with van der Waals surface area (Å²) < 4.78 is 0. The number of halogens is 1. The number of amides is 2. The minimum absolute atomic E-state index is 0.228. The van der Waals surface area contributed by atoms with Gasteiger partial charge < -0.3 is 11.1 Å². The Morgan fingerprint density at radius 1 is 1.12 bits per heavy atom. The van der Waals surface area contributed by atoms with E-state index in [9.17, 15) is 9.59 Å². The van der Waals surface area contributed by atoms with E-state index in [2.05, 4.69) is 15.3 Å². The van der Waals surface area contributed by atoms with E-state index in [0.29, 0.717) is 10.7 Å². The van der Waals surface area contributed by atoms with Crippen LogP contribution in [0.25, 0.3) is 10.9 Å². The molecular formula is C18H15ClN4O2. The number of primary amides is 1. The number of carbonyl (C=O) groups is 2. The Morgan fingerprint density at radius 3 is 2.64 bits per heavy atom. The monoisotopic (exact) mass is 354 g/mol. The Kier molecular flexibility index (Phi) is 4.90. The van der Waals surface area contributed by atoms with Gasteiger partial charge in [0.15, 0.2) is 0 Å². The van der Waals surface area contributed by atoms with Crippen LogP contribution in [0.1, 0.15) is 15.9 Å². The Bertz CT molecular complexity index is 928. The van der Waals surface area contributed by atoms with Gasteiger partial charge in [0.05, 0.1) is 11.1 Å². The van der Waals surface area contributed by atoms with Crippen molar-refractivity contribution >= 4 is 34.3 Å². The standard InChI is InChI=1S/C18H15ClN4O2/c19-16-6-5-11(9-22-16)7-15(17(20)24)23-18(25)13-8-12-3-1-2-4-14(12)21-10-13/h1-6,8-10,15H,7H2,(H2,20,24)(H,23,25)/t15-/m1/s1. The first-order valence-electron chi connectivity index (χ1n) is 7.58. The lowest BCUT2D eigenvalue weighted by Crippen LogP contribution is -2.45. The molecule has 0 saturated carbocycles. The zero-order chi connectivity index (χ0) is 17.8. The number of benzene rings is 1. The average molecular weight is 355 g/mol. The summed E-state index contributed by atoms with van der Waals surface area (Å²) in [5.74, 6) is -1.04. The molecule has 0 aliphatic heterocycles. The van der Waals surface area contributed by atoms with Gasteiger partial charge in [-0.05, 0) is 23.8 Å². The number of hydrogen-bond acceptors (Lipinski definition) is 4. The fraction of sp³-hybridized carbons (Fsp3) is 0.111. The van der Waals surface area contributed by atoms with Crippen molar-refractivity contribution in [2.75, 3.05) is 0 Å². The molecule has 0 unspecified atom stereocenters. The summed E-state index contributed by atoms with van der Waals surface area (Å²) in [6.07, 6.45) is 3.24. The number of pyridine rings is 2. The topological polar surface area (TPSA) is 98.0 Å². The molecule has 1 atom stereocenters. The van der Waals surface area contributed by atoms with Crippen LogP contribution in [0, 0.1) is 0 Å². The molecule has 7 heteroatoms. The number of nitrogens with zero attached hydrogens (tertiary/aromatic N) is 2. The fourth-order valence-corrected chi connectivity index (χ4v) is 2.53. The van der Waals surface area contributed by atoms with Gasteiger partial charge in [0.25, 0.3) is 5.91 Å². The number of hydrogen-bond donors (Lipinski definition) is 2. The molecule has 3 aromatic rings. The van der Waals surface area contributed by atoms with Crippen molar-refractivity contribution in [3.05, 3.63) is 71.1 Å². The smallest absolute Gasteiger partial charge is 0.253 e. The van der Waals surface area contributed by atoms with Crippen LogP contribution >= 0.6 is 11.6 Å². The van der Waals surface area contributed by atoms with Crippen molar-refractivity contribution < 1.29 is 9.59 Å². The summed E-state index contributed by atoms with van der Waals surface area (Å²) >= 11 is 5.74. The Morgan fingerprint density at radius 2 is 1.92 bits per heavy atom. The first-order valence-corrected chi connectivity index (χ1v) is 7.96. The normalized spacial score (nSPS) is 11.9. The maximum Gasteiger partial charge on any atom is 0.253 e. The molecule has 0 radical (unpaired) electrons. The van der Waals surface area contributed by atoms with Crippen LogP contribution in [0.3, 0.4) is 0 Å². The Labute approximate surface area is 149 Å². The lowest BCUT2D eigenvalue weighted by Gasteiger charge is -2.15. The van der Waals surface area contributed by atoms with E-state index < -0.39 is 17.9 Å². The second-order valence-electron chi connectivity index (χ2n) is 5.54. The third-order valence-corrected chi connectivity index (χ3v) is 3.95. The molecule has 0 saturated heterocycles. The maximum atomic E-state index is 12.5. The van der Waals surface area contributed by atoms with Crippen LogP contribution in [0.15, 0.2) is 54.9 Å². The van der Waals surface area contributed by atoms with E-state index >= 15 is 0 Å². The molecule has 2 aromatic heterocycles. The van der Waals surface area contributed by atoms with Gasteiger partial charge in [-0.25, -0.2) is 4.98 Å². The molecule has 0 spiro atoms. The summed E-state index contributed by atoms with van der Waals surface area (Å²) in [5, 5.41) is 3.84. The predicted octanol–water partition coefficient (Wildman–Crippen LogP) is 2.11. The van der Waals surface area contributed by atoms with Crippen molar-refractivity contribution in [1.82, 2.24) is 15.3 Å². The van der Waals surface area contributed by atoms with E-state index in [1.54, 1.807) is 24.4 Å². The summed E-state index contributed by atoms with van der Waals surface area (Å²) in [6, 6.07) is 11.7. The highest BCUT2D eigenvalue weighted by atomic mass is 35.5. The van der Waals surface area contributed by atoms with E-state index in [1.165, 1.54) is 6.20 Å². The van der Waals surface area contributed by atoms with Gasteiger partial charge in [0.1, 0.15) is 11.2 Å². The molecule has 126 valence electrons. The van der Waals surface area contributed by atoms with Crippen LogP contribution in [0.4, 0.5) is 0 Å². The number of nitrogens with one attached hydrogen (secondary N) is 1. The molecule has 6 nitrogen and oxygen atoms in total. The van der Waals surface area contributed by atoms with Crippen molar-refractivity contribution in [3.8, 4) is 0 Å².